The predicted octanol–water partition coefficient (Wildman–Crippen LogP) is 3.94. The van der Waals surface area contributed by atoms with Gasteiger partial charge in [0, 0.05) is 55.0 Å². The molecule has 0 bridgehead atoms. The van der Waals surface area contributed by atoms with Crippen molar-refractivity contribution < 1.29 is 42.3 Å². The maximum Gasteiger partial charge on any atom is 0.194 e. The Morgan fingerprint density at radius 2 is 0.800 bits per heavy atom. The van der Waals surface area contributed by atoms with E-state index < -0.39 is 0 Å². The fourth-order valence-corrected chi connectivity index (χ4v) is 2.05. The Morgan fingerprint density at radius 3 is 1.00 bits per heavy atom. The molecule has 0 unspecified atom stereocenters. The second-order valence-electron chi connectivity index (χ2n) is 3.75. The molecule has 1 aliphatic rings. The first-order chi connectivity index (χ1) is 8.79. The van der Waals surface area contributed by atoms with Crippen LogP contribution in [-0.4, -0.2) is 11.6 Å². The molecule has 0 spiro atoms. The van der Waals surface area contributed by atoms with Gasteiger partial charge in [-0.1, -0.05) is 62.4 Å². The molecule has 2 nitrogen and oxygen atoms in total. The molecule has 0 saturated heterocycles. The van der Waals surface area contributed by atoms with Crippen LogP contribution in [0.5, 0.6) is 0 Å². The predicted molar refractivity (Wildman–Crippen MR) is 77.5 cm³/mol. The van der Waals surface area contributed by atoms with Crippen LogP contribution < -0.4 is 0 Å². The molecule has 0 amide bonds. The largest absolute Gasteiger partial charge is 0.358 e. The van der Waals surface area contributed by atoms with Crippen LogP contribution >= 0.6 is 0 Å². The number of hydrogen-bond donors (Lipinski definition) is 0. The summed E-state index contributed by atoms with van der Waals surface area (Å²) in [6.07, 6.45) is 0. The van der Waals surface area contributed by atoms with Crippen LogP contribution in [0.2, 0.25) is 0 Å². The second kappa shape index (κ2) is 8.23. The van der Waals surface area contributed by atoms with E-state index in [1.54, 1.807) is 48.5 Å². The summed E-state index contributed by atoms with van der Waals surface area (Å²) in [6, 6.07) is 13.9. The van der Waals surface area contributed by atoms with E-state index in [1.165, 1.54) is 0 Å². The minimum atomic E-state index is -0.0641. The Labute approximate surface area is 145 Å². The van der Waals surface area contributed by atoms with Crippen molar-refractivity contribution in [1.29, 1.82) is 0 Å². The van der Waals surface area contributed by atoms with E-state index in [-0.39, 0.29) is 51.7 Å². The van der Waals surface area contributed by atoms with Crippen molar-refractivity contribution in [2.45, 2.75) is 13.8 Å². The summed E-state index contributed by atoms with van der Waals surface area (Å²) in [5.74, 6) is -0.128. The van der Waals surface area contributed by atoms with Gasteiger partial charge in [0.2, 0.25) is 0 Å². The van der Waals surface area contributed by atoms with Crippen molar-refractivity contribution in [2.75, 3.05) is 0 Å². The molecule has 101 valence electrons. The zero-order valence-electron chi connectivity index (χ0n) is 12.0. The summed E-state index contributed by atoms with van der Waals surface area (Å²) in [5, 5.41) is 0. The minimum Gasteiger partial charge on any atom is -0.358 e. The molecular weight excluding hydrogens is 325 g/mol. The maximum absolute atomic E-state index is 12.1. The molecular formula is C17H17O2Y-. The molecule has 0 fully saturated rings. The molecule has 0 aromatic heterocycles. The molecule has 3 rings (SSSR count). The van der Waals surface area contributed by atoms with E-state index in [2.05, 4.69) is 0 Å². The van der Waals surface area contributed by atoms with Crippen LogP contribution in [-0.2, 0) is 32.7 Å². The monoisotopic (exact) mass is 342 g/mol. The third-order valence-corrected chi connectivity index (χ3v) is 2.83. The molecule has 1 aliphatic carbocycles. The summed E-state index contributed by atoms with van der Waals surface area (Å²) in [6.45, 7) is 4.00. The SMILES string of the molecule is CC.O=C1c2ccccc2C(=O)c2ccccc21.[CH3-].[Y]. The van der Waals surface area contributed by atoms with Gasteiger partial charge in [-0.15, -0.1) is 0 Å². The molecule has 1 radical (unpaired) electrons. The van der Waals surface area contributed by atoms with Crippen LogP contribution in [0.4, 0.5) is 0 Å². The minimum absolute atomic E-state index is 0. The van der Waals surface area contributed by atoms with Gasteiger partial charge in [0.1, 0.15) is 0 Å². The summed E-state index contributed by atoms with van der Waals surface area (Å²) < 4.78 is 0. The van der Waals surface area contributed by atoms with Crippen molar-refractivity contribution >= 4 is 11.6 Å². The summed E-state index contributed by atoms with van der Waals surface area (Å²) in [7, 11) is 0. The third-order valence-electron chi connectivity index (χ3n) is 2.83. The molecule has 0 atom stereocenters. The number of fused-ring (bicyclic) bond motifs is 2. The molecule has 0 heterocycles. The van der Waals surface area contributed by atoms with E-state index in [0.29, 0.717) is 22.3 Å². The number of ketones is 2. The maximum atomic E-state index is 12.1. The van der Waals surface area contributed by atoms with Gasteiger partial charge >= 0.3 is 0 Å². The Morgan fingerprint density at radius 1 is 0.600 bits per heavy atom. The van der Waals surface area contributed by atoms with Gasteiger partial charge < -0.3 is 7.43 Å². The van der Waals surface area contributed by atoms with E-state index in [4.69, 9.17) is 0 Å². The van der Waals surface area contributed by atoms with Gasteiger partial charge in [0.25, 0.3) is 0 Å². The topological polar surface area (TPSA) is 34.1 Å². The van der Waals surface area contributed by atoms with Crippen LogP contribution in [0.1, 0.15) is 45.7 Å². The van der Waals surface area contributed by atoms with Crippen LogP contribution in [0.15, 0.2) is 48.5 Å². The fourth-order valence-electron chi connectivity index (χ4n) is 2.05. The zero-order valence-corrected chi connectivity index (χ0v) is 14.9. The Hall–Kier alpha value is -1.12. The number of carbonyl (C=O) groups excluding carboxylic acids is 2. The van der Waals surface area contributed by atoms with E-state index in [0.717, 1.165) is 0 Å². The van der Waals surface area contributed by atoms with Gasteiger partial charge in [-0.25, -0.2) is 0 Å². The summed E-state index contributed by atoms with van der Waals surface area (Å²) >= 11 is 0. The Kier molecular flexibility index (Phi) is 7.77. The molecule has 2 aromatic rings. The molecule has 3 heteroatoms. The van der Waals surface area contributed by atoms with Gasteiger partial charge in [-0.3, -0.25) is 9.59 Å². The number of rotatable bonds is 0. The van der Waals surface area contributed by atoms with Crippen LogP contribution in [0.3, 0.4) is 0 Å². The first-order valence-electron chi connectivity index (χ1n) is 6.06. The van der Waals surface area contributed by atoms with Crippen LogP contribution in [0.25, 0.3) is 0 Å². The normalized spacial score (nSPS) is 10.9. The molecule has 0 saturated carbocycles. The van der Waals surface area contributed by atoms with E-state index in [9.17, 15) is 9.59 Å². The second-order valence-corrected chi connectivity index (χ2v) is 3.75. The average molecular weight is 342 g/mol. The molecule has 2 aromatic carbocycles. The Bertz CT molecular complexity index is 512. The quantitative estimate of drug-likeness (QED) is 0.580. The molecule has 0 aliphatic heterocycles. The number of benzene rings is 2. The van der Waals surface area contributed by atoms with Crippen LogP contribution in [0, 0.1) is 7.43 Å². The number of hydrogen-bond acceptors (Lipinski definition) is 2. The average Bonchev–Trinajstić information content (AvgIpc) is 2.47. The van der Waals surface area contributed by atoms with Gasteiger partial charge in [-0.05, 0) is 0 Å². The van der Waals surface area contributed by atoms with Crippen molar-refractivity contribution in [3.05, 3.63) is 78.2 Å². The first-order valence-corrected chi connectivity index (χ1v) is 6.06. The number of carbonyl (C=O) groups is 2. The fraction of sp³-hybridized carbons (Fsp3) is 0.118. The zero-order chi connectivity index (χ0) is 13.1. The summed E-state index contributed by atoms with van der Waals surface area (Å²) in [5.41, 5.74) is 2.02. The summed E-state index contributed by atoms with van der Waals surface area (Å²) in [4.78, 5) is 24.2. The van der Waals surface area contributed by atoms with Crippen molar-refractivity contribution in [3.8, 4) is 0 Å². The van der Waals surface area contributed by atoms with Gasteiger partial charge in [-0.2, -0.15) is 0 Å². The first kappa shape index (κ1) is 18.9. The smallest absolute Gasteiger partial charge is 0.194 e. The Balaban J connectivity index is 0.000000866. The van der Waals surface area contributed by atoms with Gasteiger partial charge in [0.15, 0.2) is 11.6 Å². The van der Waals surface area contributed by atoms with Gasteiger partial charge in [0.05, 0.1) is 0 Å². The molecule has 20 heavy (non-hydrogen) atoms. The van der Waals surface area contributed by atoms with Crippen molar-refractivity contribution in [1.82, 2.24) is 0 Å². The van der Waals surface area contributed by atoms with Crippen molar-refractivity contribution in [3.63, 3.8) is 0 Å². The van der Waals surface area contributed by atoms with Crippen molar-refractivity contribution in [2.24, 2.45) is 0 Å². The third kappa shape index (κ3) is 3.13. The van der Waals surface area contributed by atoms with E-state index >= 15 is 0 Å². The standard InChI is InChI=1S/C14H8O2.C2H6.CH3.Y/c15-13-9-5-1-2-6-10(9)14(16)12-8-4-3-7-11(12)13;1-2;;/h1-8H;1-2H3;1H3;/q;;-1;. The molecule has 0 N–H and O–H groups in total. The van der Waals surface area contributed by atoms with E-state index in [1.807, 2.05) is 13.8 Å².